The molecule has 1 heterocycles. The molecule has 0 bridgehead atoms. The Morgan fingerprint density at radius 1 is 1.50 bits per heavy atom. The second-order valence-corrected chi connectivity index (χ2v) is 3.38. The standard InChI is InChI=1S/C6H6O6S.Na/c1-11-6(7)4-2-3-5(12-4)13(8,9)10;/h2-3H,1H3,(H,8,9,10);/q;+1/p-1. The number of ether oxygens (including phenoxy) is 1. The first-order chi connectivity index (χ1) is 5.95. The third-order valence-corrected chi connectivity index (χ3v) is 1.93. The van der Waals surface area contributed by atoms with Crippen LogP contribution in [0.5, 0.6) is 0 Å². The van der Waals surface area contributed by atoms with Crippen molar-refractivity contribution >= 4 is 16.1 Å². The minimum absolute atomic E-state index is 0. The second kappa shape index (κ2) is 4.94. The zero-order valence-electron chi connectivity index (χ0n) is 7.51. The molecule has 0 unspecified atom stereocenters. The van der Waals surface area contributed by atoms with E-state index in [1.54, 1.807) is 0 Å². The fraction of sp³-hybridized carbons (Fsp3) is 0.167. The van der Waals surface area contributed by atoms with Gasteiger partial charge in [-0.05, 0) is 12.1 Å². The van der Waals surface area contributed by atoms with E-state index in [0.717, 1.165) is 19.2 Å². The molecule has 0 atom stereocenters. The van der Waals surface area contributed by atoms with Crippen molar-refractivity contribution in [1.82, 2.24) is 0 Å². The van der Waals surface area contributed by atoms with E-state index in [0.29, 0.717) is 0 Å². The summed E-state index contributed by atoms with van der Waals surface area (Å²) < 4.78 is 39.7. The summed E-state index contributed by atoms with van der Waals surface area (Å²) in [6, 6.07) is 1.95. The molecule has 0 amide bonds. The maximum atomic E-state index is 10.7. The van der Waals surface area contributed by atoms with Crippen LogP contribution in [0.4, 0.5) is 0 Å². The van der Waals surface area contributed by atoms with E-state index >= 15 is 0 Å². The molecule has 0 aliphatic carbocycles. The van der Waals surface area contributed by atoms with Crippen LogP contribution in [-0.4, -0.2) is 26.0 Å². The van der Waals surface area contributed by atoms with Crippen molar-refractivity contribution < 1.29 is 56.5 Å². The molecule has 1 aromatic heterocycles. The minimum atomic E-state index is -4.65. The van der Waals surface area contributed by atoms with Crippen molar-refractivity contribution in [2.24, 2.45) is 0 Å². The van der Waals surface area contributed by atoms with Gasteiger partial charge in [-0.25, -0.2) is 13.2 Å². The summed E-state index contributed by atoms with van der Waals surface area (Å²) in [7, 11) is -3.54. The first kappa shape index (κ1) is 13.7. The van der Waals surface area contributed by atoms with E-state index in [1.807, 2.05) is 0 Å². The van der Waals surface area contributed by atoms with E-state index in [9.17, 15) is 17.8 Å². The summed E-state index contributed by atoms with van der Waals surface area (Å²) in [4.78, 5) is 10.7. The molecule has 0 spiro atoms. The van der Waals surface area contributed by atoms with E-state index in [2.05, 4.69) is 9.15 Å². The summed E-state index contributed by atoms with van der Waals surface area (Å²) in [6.07, 6.45) is 0. The summed E-state index contributed by atoms with van der Waals surface area (Å²) in [5.41, 5.74) is 0. The van der Waals surface area contributed by atoms with Crippen LogP contribution in [0, 0.1) is 0 Å². The molecule has 1 aromatic rings. The average molecular weight is 228 g/mol. The van der Waals surface area contributed by atoms with Crippen LogP contribution in [0.25, 0.3) is 0 Å². The fourth-order valence-electron chi connectivity index (χ4n) is 0.665. The number of hydrogen-bond acceptors (Lipinski definition) is 6. The molecule has 0 aromatic carbocycles. The van der Waals surface area contributed by atoms with Gasteiger partial charge in [-0.3, -0.25) is 0 Å². The first-order valence-electron chi connectivity index (χ1n) is 3.09. The van der Waals surface area contributed by atoms with Crippen LogP contribution in [0.15, 0.2) is 21.6 Å². The Morgan fingerprint density at radius 3 is 2.43 bits per heavy atom. The number of furan rings is 1. The molecule has 0 saturated heterocycles. The predicted octanol–water partition coefficient (Wildman–Crippen LogP) is -3.03. The number of carbonyl (C=O) groups excluding carboxylic acids is 1. The molecule has 0 aliphatic rings. The van der Waals surface area contributed by atoms with Gasteiger partial charge in [0, 0.05) is 0 Å². The van der Waals surface area contributed by atoms with Gasteiger partial charge in [-0.1, -0.05) is 0 Å². The molecule has 72 valence electrons. The number of methoxy groups -OCH3 is 1. The van der Waals surface area contributed by atoms with Crippen molar-refractivity contribution in [3.8, 4) is 0 Å². The molecule has 0 radical (unpaired) electrons. The maximum absolute atomic E-state index is 10.7. The topological polar surface area (TPSA) is 96.6 Å². The SMILES string of the molecule is COC(=O)c1ccc(S(=O)(=O)[O-])o1.[Na+]. The van der Waals surface area contributed by atoms with E-state index in [1.165, 1.54) is 0 Å². The molecular weight excluding hydrogens is 223 g/mol. The average Bonchev–Trinajstić information content (AvgIpc) is 2.50. The summed E-state index contributed by atoms with van der Waals surface area (Å²) in [5, 5.41) is -0.798. The number of esters is 1. The molecule has 6 nitrogen and oxygen atoms in total. The second-order valence-electron chi connectivity index (χ2n) is 2.06. The minimum Gasteiger partial charge on any atom is -0.742 e. The van der Waals surface area contributed by atoms with Gasteiger partial charge in [-0.2, -0.15) is 0 Å². The van der Waals surface area contributed by atoms with Crippen LogP contribution >= 0.6 is 0 Å². The third-order valence-electron chi connectivity index (χ3n) is 1.21. The predicted molar refractivity (Wildman–Crippen MR) is 38.0 cm³/mol. The first-order valence-corrected chi connectivity index (χ1v) is 4.50. The van der Waals surface area contributed by atoms with Crippen molar-refractivity contribution in [3.05, 3.63) is 17.9 Å². The molecule has 14 heavy (non-hydrogen) atoms. The van der Waals surface area contributed by atoms with Crippen molar-refractivity contribution in [2.75, 3.05) is 7.11 Å². The molecular formula is C6H5NaO6S. The molecule has 0 aliphatic heterocycles. The van der Waals surface area contributed by atoms with Gasteiger partial charge >= 0.3 is 35.5 Å². The molecule has 8 heteroatoms. The Labute approximate surface area is 102 Å². The summed E-state index contributed by atoms with van der Waals surface area (Å²) in [6.45, 7) is 0. The van der Waals surface area contributed by atoms with Crippen molar-refractivity contribution in [1.29, 1.82) is 0 Å². The van der Waals surface area contributed by atoms with Crippen molar-refractivity contribution in [2.45, 2.75) is 5.09 Å². The zero-order chi connectivity index (χ0) is 10.1. The van der Waals surface area contributed by atoms with E-state index in [-0.39, 0.29) is 35.3 Å². The normalized spacial score (nSPS) is 10.4. The fourth-order valence-corrected chi connectivity index (χ4v) is 1.09. The Hall–Kier alpha value is -0.340. The van der Waals surface area contributed by atoms with Gasteiger partial charge in [0.05, 0.1) is 7.11 Å². The molecule has 1 rings (SSSR count). The third kappa shape index (κ3) is 3.10. The van der Waals surface area contributed by atoms with Crippen molar-refractivity contribution in [3.63, 3.8) is 0 Å². The van der Waals surface area contributed by atoms with Crippen LogP contribution in [-0.2, 0) is 14.9 Å². The number of rotatable bonds is 2. The quantitative estimate of drug-likeness (QED) is 0.303. The van der Waals surface area contributed by atoms with Gasteiger partial charge in [0.2, 0.25) is 10.9 Å². The number of hydrogen-bond donors (Lipinski definition) is 0. The Bertz CT molecular complexity index is 419. The Balaban J connectivity index is 0.00000169. The van der Waals surface area contributed by atoms with E-state index < -0.39 is 21.2 Å². The van der Waals surface area contributed by atoms with E-state index in [4.69, 9.17) is 0 Å². The molecule has 0 fully saturated rings. The van der Waals surface area contributed by atoms with Gasteiger partial charge in [0.25, 0.3) is 0 Å². The summed E-state index contributed by atoms with van der Waals surface area (Å²) in [5.74, 6) is -1.16. The molecule has 0 N–H and O–H groups in total. The largest absolute Gasteiger partial charge is 1.00 e. The van der Waals surface area contributed by atoms with Crippen LogP contribution in [0.3, 0.4) is 0 Å². The molecule has 0 saturated carbocycles. The smallest absolute Gasteiger partial charge is 0.742 e. The summed E-state index contributed by atoms with van der Waals surface area (Å²) >= 11 is 0. The zero-order valence-corrected chi connectivity index (χ0v) is 10.3. The number of carbonyl (C=O) groups is 1. The van der Waals surface area contributed by atoms with Gasteiger partial charge in [0.15, 0.2) is 10.1 Å². The Morgan fingerprint density at radius 2 is 2.07 bits per heavy atom. The Kier molecular flexibility index (Phi) is 4.82. The van der Waals surface area contributed by atoms with Crippen LogP contribution in [0.1, 0.15) is 10.6 Å². The monoisotopic (exact) mass is 228 g/mol. The van der Waals surface area contributed by atoms with Crippen LogP contribution in [0.2, 0.25) is 0 Å². The van der Waals surface area contributed by atoms with Crippen LogP contribution < -0.4 is 29.6 Å². The van der Waals surface area contributed by atoms with Gasteiger partial charge in [-0.15, -0.1) is 0 Å². The maximum Gasteiger partial charge on any atom is 1.00 e. The van der Waals surface area contributed by atoms with Gasteiger partial charge in [0.1, 0.15) is 0 Å². The van der Waals surface area contributed by atoms with Gasteiger partial charge < -0.3 is 13.7 Å².